The highest BCUT2D eigenvalue weighted by molar-refractivity contribution is 5.73. The highest BCUT2D eigenvalue weighted by atomic mass is 16.5. The van der Waals surface area contributed by atoms with Crippen LogP contribution in [-0.4, -0.2) is 61.9 Å². The van der Waals surface area contributed by atoms with E-state index in [9.17, 15) is 9.59 Å². The minimum Gasteiger partial charge on any atom is -0.480 e. The third-order valence-electron chi connectivity index (χ3n) is 2.22. The second-order valence-electron chi connectivity index (χ2n) is 3.74. The topological polar surface area (TPSA) is 187 Å². The van der Waals surface area contributed by atoms with Gasteiger partial charge in [-0.15, -0.1) is 0 Å². The number of nitrogens with two attached hydrogens (primary N) is 2. The van der Waals surface area contributed by atoms with Gasteiger partial charge in [0, 0.05) is 5.92 Å². The van der Waals surface area contributed by atoms with E-state index in [1.54, 1.807) is 6.92 Å². The van der Waals surface area contributed by atoms with Crippen molar-refractivity contribution in [2.24, 2.45) is 17.4 Å². The van der Waals surface area contributed by atoms with E-state index < -0.39 is 42.3 Å². The Morgan fingerprint density at radius 3 is 1.28 bits per heavy atom. The molecule has 0 aromatic rings. The molecule has 9 N–H and O–H groups in total. The fraction of sp³-hybridized carbons (Fsp3) is 0.778. The molecule has 0 spiro atoms. The summed E-state index contributed by atoms with van der Waals surface area (Å²) in [5.74, 6) is -2.91. The van der Waals surface area contributed by atoms with Crippen LogP contribution in [0, 0.1) is 5.92 Å². The smallest absolute Gasteiger partial charge is 0.325 e. The van der Waals surface area contributed by atoms with E-state index in [0.717, 1.165) is 0 Å². The van der Waals surface area contributed by atoms with Crippen LogP contribution in [0.2, 0.25) is 0 Å². The molecule has 18 heavy (non-hydrogen) atoms. The molecule has 4 unspecified atom stereocenters. The highest BCUT2D eigenvalue weighted by Crippen LogP contribution is 2.05. The average molecular weight is 268 g/mol. The van der Waals surface area contributed by atoms with E-state index in [0.29, 0.717) is 0 Å². The maximum Gasteiger partial charge on any atom is 0.325 e. The first kappa shape index (κ1) is 19.1. The lowest BCUT2D eigenvalue weighted by atomic mass is 9.98. The Kier molecular flexibility index (Phi) is 9.31. The van der Waals surface area contributed by atoms with Crippen molar-refractivity contribution in [2.75, 3.05) is 0 Å². The number of carbonyl (C=O) groups is 2. The van der Waals surface area contributed by atoms with Crippen molar-refractivity contribution in [3.8, 4) is 0 Å². The molecule has 4 atom stereocenters. The number of carboxylic acids is 2. The number of hydrogen-bond donors (Lipinski definition) is 7. The monoisotopic (exact) mass is 268 g/mol. The summed E-state index contributed by atoms with van der Waals surface area (Å²) in [4.78, 5) is 19.9. The molecule has 0 radical (unpaired) electrons. The zero-order valence-electron chi connectivity index (χ0n) is 10.1. The molecule has 108 valence electrons. The van der Waals surface area contributed by atoms with Crippen molar-refractivity contribution in [2.45, 2.75) is 38.3 Å². The third-order valence-corrected chi connectivity index (χ3v) is 2.22. The maximum absolute atomic E-state index is 10.2. The molecule has 0 saturated carbocycles. The number of aliphatic hydroxyl groups is 3. The zero-order chi connectivity index (χ0) is 15.0. The highest BCUT2D eigenvalue weighted by Gasteiger charge is 2.23. The van der Waals surface area contributed by atoms with Crippen LogP contribution in [0.15, 0.2) is 0 Å². The molecule has 0 heterocycles. The van der Waals surface area contributed by atoms with Crippen molar-refractivity contribution >= 4 is 11.9 Å². The Morgan fingerprint density at radius 2 is 1.22 bits per heavy atom. The van der Waals surface area contributed by atoms with Crippen molar-refractivity contribution in [1.29, 1.82) is 0 Å². The minimum absolute atomic E-state index is 0.405. The summed E-state index contributed by atoms with van der Waals surface area (Å²) in [6, 6.07) is -2.57. The normalized spacial score (nSPS) is 17.1. The SMILES string of the molecule is CC(O)C(C)C(N)C(=O)O.NC(C(=O)O)C(O)O. The Balaban J connectivity index is 0. The van der Waals surface area contributed by atoms with Crippen LogP contribution in [-0.2, 0) is 9.59 Å². The van der Waals surface area contributed by atoms with Crippen LogP contribution in [0.5, 0.6) is 0 Å². The predicted octanol–water partition coefficient (Wildman–Crippen LogP) is -2.88. The zero-order valence-corrected chi connectivity index (χ0v) is 10.1. The molecule has 0 aromatic heterocycles. The van der Waals surface area contributed by atoms with Crippen molar-refractivity contribution < 1.29 is 35.1 Å². The summed E-state index contributed by atoms with van der Waals surface area (Å²) in [6.45, 7) is 3.12. The van der Waals surface area contributed by atoms with Gasteiger partial charge in [0.1, 0.15) is 6.04 Å². The summed E-state index contributed by atoms with van der Waals surface area (Å²) in [5.41, 5.74) is 9.86. The van der Waals surface area contributed by atoms with Gasteiger partial charge in [-0.1, -0.05) is 6.92 Å². The Morgan fingerprint density at radius 1 is 0.889 bits per heavy atom. The summed E-state index contributed by atoms with van der Waals surface area (Å²) < 4.78 is 0. The molecule has 0 fully saturated rings. The van der Waals surface area contributed by atoms with Crippen LogP contribution in [0.4, 0.5) is 0 Å². The van der Waals surface area contributed by atoms with E-state index in [4.69, 9.17) is 31.3 Å². The second kappa shape index (κ2) is 8.78. The van der Waals surface area contributed by atoms with E-state index in [1.807, 2.05) is 0 Å². The maximum atomic E-state index is 10.2. The lowest BCUT2D eigenvalue weighted by Gasteiger charge is -2.17. The molecule has 0 aliphatic heterocycles. The number of rotatable bonds is 5. The van der Waals surface area contributed by atoms with Crippen LogP contribution in [0.1, 0.15) is 13.8 Å². The molecule has 9 nitrogen and oxygen atoms in total. The lowest BCUT2D eigenvalue weighted by molar-refractivity contribution is -0.149. The predicted molar refractivity (Wildman–Crippen MR) is 60.3 cm³/mol. The molecule has 0 amide bonds. The minimum atomic E-state index is -1.98. The summed E-state index contributed by atoms with van der Waals surface area (Å²) in [7, 11) is 0. The van der Waals surface area contributed by atoms with Gasteiger partial charge in [0.15, 0.2) is 12.3 Å². The molecule has 0 rings (SSSR count). The van der Waals surface area contributed by atoms with Crippen LogP contribution < -0.4 is 11.5 Å². The average Bonchev–Trinajstić information content (AvgIpc) is 2.26. The van der Waals surface area contributed by atoms with Gasteiger partial charge in [-0.3, -0.25) is 9.59 Å². The van der Waals surface area contributed by atoms with Gasteiger partial charge in [0.2, 0.25) is 0 Å². The molecule has 0 aromatic carbocycles. The van der Waals surface area contributed by atoms with Gasteiger partial charge in [0.05, 0.1) is 6.10 Å². The largest absolute Gasteiger partial charge is 0.480 e. The van der Waals surface area contributed by atoms with Gasteiger partial charge in [0.25, 0.3) is 0 Å². The molecular weight excluding hydrogens is 248 g/mol. The van der Waals surface area contributed by atoms with E-state index in [1.165, 1.54) is 6.92 Å². The van der Waals surface area contributed by atoms with E-state index >= 15 is 0 Å². The van der Waals surface area contributed by atoms with Gasteiger partial charge >= 0.3 is 11.9 Å². The van der Waals surface area contributed by atoms with E-state index in [2.05, 4.69) is 5.73 Å². The van der Waals surface area contributed by atoms with Crippen molar-refractivity contribution in [1.82, 2.24) is 0 Å². The number of carboxylic acid groups (broad SMARTS) is 2. The molecule has 0 aliphatic rings. The fourth-order valence-electron chi connectivity index (χ4n) is 0.652. The second-order valence-corrected chi connectivity index (χ2v) is 3.74. The first-order valence-corrected chi connectivity index (χ1v) is 5.03. The molecule has 9 heteroatoms. The molecule has 0 saturated heterocycles. The molecule has 0 bridgehead atoms. The summed E-state index contributed by atoms with van der Waals surface area (Å²) in [5, 5.41) is 41.3. The Labute approximate surface area is 104 Å². The standard InChI is InChI=1S/C6H13NO3.C3H7NO4/c1-3(4(2)8)5(7)6(9)10;4-1(2(5)6)3(7)8/h3-5,8H,7H2,1-2H3,(H,9,10);1-2,5-6H,4H2,(H,7,8). The molecular formula is C9H20N2O7. The van der Waals surface area contributed by atoms with Crippen LogP contribution in [0.25, 0.3) is 0 Å². The van der Waals surface area contributed by atoms with Gasteiger partial charge < -0.3 is 37.0 Å². The van der Waals surface area contributed by atoms with Crippen molar-refractivity contribution in [3.63, 3.8) is 0 Å². The lowest BCUT2D eigenvalue weighted by Crippen LogP contribution is -2.41. The van der Waals surface area contributed by atoms with Gasteiger partial charge in [-0.25, -0.2) is 0 Å². The van der Waals surface area contributed by atoms with Crippen LogP contribution in [0.3, 0.4) is 0 Å². The van der Waals surface area contributed by atoms with Crippen molar-refractivity contribution in [3.05, 3.63) is 0 Å². The first-order valence-electron chi connectivity index (χ1n) is 5.03. The summed E-state index contributed by atoms with van der Waals surface area (Å²) >= 11 is 0. The number of hydrogen-bond acceptors (Lipinski definition) is 7. The van der Waals surface area contributed by atoms with Crippen LogP contribution >= 0.6 is 0 Å². The Bertz CT molecular complexity index is 270. The summed E-state index contributed by atoms with van der Waals surface area (Å²) in [6.07, 6.45) is -2.65. The number of aliphatic hydroxyl groups excluding tert-OH is 2. The van der Waals surface area contributed by atoms with Gasteiger partial charge in [-0.05, 0) is 6.92 Å². The Hall–Kier alpha value is -1.26. The van der Waals surface area contributed by atoms with Gasteiger partial charge in [-0.2, -0.15) is 0 Å². The van der Waals surface area contributed by atoms with E-state index in [-0.39, 0.29) is 0 Å². The first-order chi connectivity index (χ1) is 8.02. The molecule has 0 aliphatic carbocycles. The quantitative estimate of drug-likeness (QED) is 0.257. The third kappa shape index (κ3) is 7.92. The number of aliphatic carboxylic acids is 2. The fourth-order valence-corrected chi connectivity index (χ4v) is 0.652.